The Morgan fingerprint density at radius 2 is 1.63 bits per heavy atom. The quantitative estimate of drug-likeness (QED) is 0.324. The lowest BCUT2D eigenvalue weighted by Crippen LogP contribution is -2.48. The molecule has 0 saturated heterocycles. The van der Waals surface area contributed by atoms with Gasteiger partial charge in [-0.05, 0) is 86.2 Å². The average Bonchev–Trinajstić information content (AvgIpc) is 3.09. The molecule has 2 rings (SSSR count). The molecular formula is C26H52O3Si. The summed E-state index contributed by atoms with van der Waals surface area (Å²) >= 11 is 0. The Hall–Kier alpha value is 0.0969. The molecule has 2 saturated carbocycles. The highest BCUT2D eigenvalue weighted by molar-refractivity contribution is 6.73. The predicted octanol–water partition coefficient (Wildman–Crippen LogP) is 6.92. The van der Waals surface area contributed by atoms with E-state index < -0.39 is 20.0 Å². The lowest BCUT2D eigenvalue weighted by Gasteiger charge is -2.49. The number of aliphatic hydroxyl groups excluding tert-OH is 1. The van der Waals surface area contributed by atoms with Gasteiger partial charge in [-0.2, -0.15) is 0 Å². The second-order valence-corrected chi connectivity index (χ2v) is 15.8. The van der Waals surface area contributed by atoms with Crippen LogP contribution in [0, 0.1) is 23.2 Å². The minimum absolute atomic E-state index is 0.350. The molecule has 0 unspecified atom stereocenters. The Labute approximate surface area is 188 Å². The second kappa shape index (κ2) is 10.8. The zero-order valence-corrected chi connectivity index (χ0v) is 22.2. The van der Waals surface area contributed by atoms with Crippen LogP contribution < -0.4 is 0 Å². The first-order valence-electron chi connectivity index (χ1n) is 13.2. The van der Waals surface area contributed by atoms with Crippen molar-refractivity contribution < 1.29 is 14.6 Å². The Kier molecular flexibility index (Phi) is 9.49. The van der Waals surface area contributed by atoms with Gasteiger partial charge >= 0.3 is 0 Å². The monoisotopic (exact) mass is 440 g/mol. The third-order valence-electron chi connectivity index (χ3n) is 9.73. The molecule has 2 aliphatic carbocycles. The molecule has 178 valence electrons. The zero-order chi connectivity index (χ0) is 22.6. The summed E-state index contributed by atoms with van der Waals surface area (Å²) in [4.78, 5) is 0. The third kappa shape index (κ3) is 5.53. The molecule has 0 bridgehead atoms. The molecule has 2 N–H and O–H groups in total. The highest BCUT2D eigenvalue weighted by Crippen LogP contribution is 2.59. The molecule has 2 fully saturated rings. The van der Waals surface area contributed by atoms with Crippen molar-refractivity contribution in [2.75, 3.05) is 0 Å². The largest absolute Gasteiger partial charge is 0.414 e. The predicted molar refractivity (Wildman–Crippen MR) is 130 cm³/mol. The van der Waals surface area contributed by atoms with Crippen molar-refractivity contribution in [1.82, 2.24) is 0 Å². The fourth-order valence-corrected chi connectivity index (χ4v) is 10.1. The molecule has 0 heterocycles. The minimum atomic E-state index is -1.58. The van der Waals surface area contributed by atoms with Gasteiger partial charge in [0.1, 0.15) is 0 Å². The van der Waals surface area contributed by atoms with Crippen LogP contribution in [0.2, 0.25) is 18.1 Å². The number of hydrogen-bond donors (Lipinski definition) is 2. The van der Waals surface area contributed by atoms with Crippen molar-refractivity contribution in [1.29, 1.82) is 0 Å². The summed E-state index contributed by atoms with van der Waals surface area (Å²) in [6.45, 7) is 16.0. The summed E-state index contributed by atoms with van der Waals surface area (Å²) in [5.74, 6) is 1.86. The van der Waals surface area contributed by atoms with Crippen molar-refractivity contribution in [3.05, 3.63) is 0 Å². The maximum Gasteiger partial charge on any atom is 0.192 e. The van der Waals surface area contributed by atoms with Gasteiger partial charge in [-0.25, -0.2) is 0 Å². The Morgan fingerprint density at radius 1 is 1.03 bits per heavy atom. The van der Waals surface area contributed by atoms with Crippen LogP contribution >= 0.6 is 0 Å². The van der Waals surface area contributed by atoms with Crippen LogP contribution in [0.4, 0.5) is 0 Å². The first kappa shape index (κ1) is 26.4. The fraction of sp³-hybridized carbons (Fsp3) is 1.00. The molecule has 0 aromatic carbocycles. The smallest absolute Gasteiger partial charge is 0.192 e. The normalized spacial score (nSPS) is 32.1. The molecule has 3 nitrogen and oxygen atoms in total. The van der Waals surface area contributed by atoms with Gasteiger partial charge in [-0.1, -0.05) is 54.9 Å². The number of rotatable bonds is 12. The number of aliphatic hydroxyl groups is 2. The first-order valence-corrected chi connectivity index (χ1v) is 15.7. The Balaban J connectivity index is 2.07. The summed E-state index contributed by atoms with van der Waals surface area (Å²) in [5, 5.41) is 21.4. The lowest BCUT2D eigenvalue weighted by molar-refractivity contribution is -0.0399. The highest BCUT2D eigenvalue weighted by Gasteiger charge is 2.54. The standard InChI is InChI=1S/C26H52O3Si/c1-8-26(28,9-2)19-21(27)18-20(6)22-15-16-23-24(14-13-17-25(22,23)7)29-30(10-3,11-4)12-5/h20-24,27-28H,8-19H2,1-7H3/t20-,21-,22-,23+,24+,25-/m1/s1. The molecule has 0 amide bonds. The van der Waals surface area contributed by atoms with Gasteiger partial charge < -0.3 is 14.6 Å². The maximum atomic E-state index is 10.8. The molecule has 0 aliphatic heterocycles. The fourth-order valence-electron chi connectivity index (χ4n) is 7.21. The topological polar surface area (TPSA) is 49.7 Å². The molecule has 30 heavy (non-hydrogen) atoms. The van der Waals surface area contributed by atoms with Crippen molar-refractivity contribution >= 4 is 8.32 Å². The van der Waals surface area contributed by atoms with E-state index in [-0.39, 0.29) is 0 Å². The van der Waals surface area contributed by atoms with Crippen LogP contribution in [0.25, 0.3) is 0 Å². The summed E-state index contributed by atoms with van der Waals surface area (Å²) in [5.41, 5.74) is -0.358. The maximum absolute atomic E-state index is 10.8. The van der Waals surface area contributed by atoms with Gasteiger partial charge in [-0.15, -0.1) is 0 Å². The van der Waals surface area contributed by atoms with Gasteiger partial charge in [0.25, 0.3) is 0 Å². The van der Waals surface area contributed by atoms with E-state index in [4.69, 9.17) is 4.43 Å². The van der Waals surface area contributed by atoms with Gasteiger partial charge in [0, 0.05) is 12.5 Å². The van der Waals surface area contributed by atoms with Crippen molar-refractivity contribution in [3.63, 3.8) is 0 Å². The van der Waals surface area contributed by atoms with E-state index in [1.54, 1.807) is 0 Å². The summed E-state index contributed by atoms with van der Waals surface area (Å²) in [7, 11) is -1.58. The molecular weight excluding hydrogens is 388 g/mol. The van der Waals surface area contributed by atoms with Gasteiger partial charge in [-0.3, -0.25) is 0 Å². The van der Waals surface area contributed by atoms with E-state index in [0.717, 1.165) is 19.3 Å². The van der Waals surface area contributed by atoms with E-state index in [0.29, 0.717) is 35.7 Å². The number of fused-ring (bicyclic) bond motifs is 1. The van der Waals surface area contributed by atoms with Crippen molar-refractivity contribution in [2.24, 2.45) is 23.2 Å². The van der Waals surface area contributed by atoms with Crippen LogP contribution in [0.5, 0.6) is 0 Å². The van der Waals surface area contributed by atoms with E-state index in [1.165, 1.54) is 50.2 Å². The molecule has 0 radical (unpaired) electrons. The van der Waals surface area contributed by atoms with E-state index in [1.807, 2.05) is 13.8 Å². The van der Waals surface area contributed by atoms with Gasteiger partial charge in [0.15, 0.2) is 8.32 Å². The minimum Gasteiger partial charge on any atom is -0.414 e. The molecule has 0 aromatic heterocycles. The summed E-state index contributed by atoms with van der Waals surface area (Å²) in [6, 6.07) is 3.72. The van der Waals surface area contributed by atoms with Crippen molar-refractivity contribution in [3.8, 4) is 0 Å². The van der Waals surface area contributed by atoms with E-state index in [2.05, 4.69) is 34.6 Å². The van der Waals surface area contributed by atoms with Crippen LogP contribution in [-0.2, 0) is 4.43 Å². The van der Waals surface area contributed by atoms with Crippen molar-refractivity contribution in [2.45, 2.75) is 142 Å². The summed E-state index contributed by atoms with van der Waals surface area (Å²) < 4.78 is 7.07. The Bertz CT molecular complexity index is 508. The van der Waals surface area contributed by atoms with E-state index >= 15 is 0 Å². The average molecular weight is 441 g/mol. The third-order valence-corrected chi connectivity index (χ3v) is 14.4. The van der Waals surface area contributed by atoms with E-state index in [9.17, 15) is 10.2 Å². The van der Waals surface area contributed by atoms with Crippen LogP contribution in [0.15, 0.2) is 0 Å². The molecule has 4 heteroatoms. The SMILES string of the molecule is CCC(O)(CC)C[C@H](O)C[C@@H](C)[C@H]1CC[C@H]2[C@@H](O[Si](CC)(CC)CC)CCC[C@]12C. The first-order chi connectivity index (χ1) is 14.1. The van der Waals surface area contributed by atoms with Crippen LogP contribution in [0.1, 0.15) is 106 Å². The molecule has 2 aliphatic rings. The van der Waals surface area contributed by atoms with Gasteiger partial charge in [0.2, 0.25) is 0 Å². The highest BCUT2D eigenvalue weighted by atomic mass is 28.4. The number of hydrogen-bond acceptors (Lipinski definition) is 3. The van der Waals surface area contributed by atoms with Crippen LogP contribution in [0.3, 0.4) is 0 Å². The molecule has 6 atom stereocenters. The van der Waals surface area contributed by atoms with Crippen LogP contribution in [-0.4, -0.2) is 36.3 Å². The zero-order valence-electron chi connectivity index (χ0n) is 21.2. The molecule has 0 spiro atoms. The lowest BCUT2D eigenvalue weighted by atomic mass is 9.61. The second-order valence-electron chi connectivity index (χ2n) is 11.1. The Morgan fingerprint density at radius 3 is 2.17 bits per heavy atom. The summed E-state index contributed by atoms with van der Waals surface area (Å²) in [6.07, 6.45) is 9.25. The molecule has 0 aromatic rings. The van der Waals surface area contributed by atoms with Gasteiger partial charge in [0.05, 0.1) is 11.7 Å².